The van der Waals surface area contributed by atoms with Crippen molar-refractivity contribution in [2.45, 2.75) is 290 Å². The summed E-state index contributed by atoms with van der Waals surface area (Å²) in [6.07, 6.45) is 63.8. The third-order valence-corrected chi connectivity index (χ3v) is 12.0. The number of carbonyl (C=O) groups excluding carboxylic acids is 3. The fourth-order valence-corrected chi connectivity index (χ4v) is 7.81. The summed E-state index contributed by atoms with van der Waals surface area (Å²) in [6.45, 7) is 6.59. The van der Waals surface area contributed by atoms with E-state index in [-0.39, 0.29) is 31.1 Å². The monoisotopic (exact) mass is 897 g/mol. The molecule has 0 rings (SSSR count). The Labute approximate surface area is 397 Å². The Morgan fingerprint density at radius 2 is 0.562 bits per heavy atom. The number of hydrogen-bond acceptors (Lipinski definition) is 6. The van der Waals surface area contributed by atoms with Crippen molar-refractivity contribution in [2.24, 2.45) is 0 Å². The lowest BCUT2D eigenvalue weighted by Gasteiger charge is -2.18. The molecule has 0 saturated carbocycles. The fourth-order valence-electron chi connectivity index (χ4n) is 7.81. The first-order valence-corrected chi connectivity index (χ1v) is 27.6. The van der Waals surface area contributed by atoms with E-state index in [2.05, 4.69) is 69.4 Å². The predicted molar refractivity (Wildman–Crippen MR) is 275 cm³/mol. The van der Waals surface area contributed by atoms with Crippen LogP contribution in [0.2, 0.25) is 0 Å². The van der Waals surface area contributed by atoms with Crippen LogP contribution in [0.15, 0.2) is 48.6 Å². The molecule has 0 radical (unpaired) electrons. The van der Waals surface area contributed by atoms with Crippen molar-refractivity contribution in [2.75, 3.05) is 13.2 Å². The van der Waals surface area contributed by atoms with Crippen molar-refractivity contribution < 1.29 is 28.6 Å². The number of carbonyl (C=O) groups is 3. The van der Waals surface area contributed by atoms with Gasteiger partial charge in [0, 0.05) is 19.3 Å². The van der Waals surface area contributed by atoms with Gasteiger partial charge in [0.15, 0.2) is 6.10 Å². The van der Waals surface area contributed by atoms with Crippen molar-refractivity contribution >= 4 is 17.9 Å². The van der Waals surface area contributed by atoms with Gasteiger partial charge in [-0.15, -0.1) is 0 Å². The fraction of sp³-hybridized carbons (Fsp3) is 0.810. The Balaban J connectivity index is 4.35. The maximum Gasteiger partial charge on any atom is 0.306 e. The smallest absolute Gasteiger partial charge is 0.306 e. The highest BCUT2D eigenvalue weighted by Crippen LogP contribution is 2.15. The molecule has 0 fully saturated rings. The second kappa shape index (κ2) is 53.0. The molecule has 64 heavy (non-hydrogen) atoms. The molecule has 1 unspecified atom stereocenters. The van der Waals surface area contributed by atoms with Crippen molar-refractivity contribution in [3.05, 3.63) is 48.6 Å². The van der Waals surface area contributed by atoms with E-state index in [0.29, 0.717) is 19.3 Å². The summed E-state index contributed by atoms with van der Waals surface area (Å²) in [6, 6.07) is 0. The van der Waals surface area contributed by atoms with Crippen molar-refractivity contribution in [1.82, 2.24) is 0 Å². The molecular weight excluding hydrogens is 793 g/mol. The van der Waals surface area contributed by atoms with Crippen LogP contribution in [0.3, 0.4) is 0 Å². The van der Waals surface area contributed by atoms with Crippen LogP contribution in [0, 0.1) is 0 Å². The lowest BCUT2D eigenvalue weighted by molar-refractivity contribution is -0.167. The largest absolute Gasteiger partial charge is 0.462 e. The van der Waals surface area contributed by atoms with Gasteiger partial charge in [-0.2, -0.15) is 0 Å². The Morgan fingerprint density at radius 3 is 0.906 bits per heavy atom. The SMILES string of the molecule is CCCCC/C=C\C/C=C\CCCCCCCCCCCC(=O)OCC(COC(=O)CCCCCCC/C=C\CCCCC)OC(=O)CCCCCCC/C=C\CCCCCCCC. The topological polar surface area (TPSA) is 78.9 Å². The molecule has 1 atom stereocenters. The van der Waals surface area contributed by atoms with Crippen LogP contribution in [0.4, 0.5) is 0 Å². The summed E-state index contributed by atoms with van der Waals surface area (Å²) in [5.74, 6) is -0.892. The number of unbranched alkanes of at least 4 members (excludes halogenated alkanes) is 31. The van der Waals surface area contributed by atoms with Crippen LogP contribution >= 0.6 is 0 Å². The van der Waals surface area contributed by atoms with E-state index in [9.17, 15) is 14.4 Å². The molecule has 0 aromatic heterocycles. The van der Waals surface area contributed by atoms with Gasteiger partial charge < -0.3 is 14.2 Å². The minimum atomic E-state index is -0.781. The molecule has 0 N–H and O–H groups in total. The number of esters is 3. The summed E-state index contributed by atoms with van der Waals surface area (Å²) in [5, 5.41) is 0. The molecule has 0 heterocycles. The molecule has 6 nitrogen and oxygen atoms in total. The molecular formula is C58H104O6. The number of hydrogen-bond donors (Lipinski definition) is 0. The molecule has 0 amide bonds. The van der Waals surface area contributed by atoms with Crippen LogP contribution in [-0.2, 0) is 28.6 Å². The Bertz CT molecular complexity index is 1120. The third-order valence-electron chi connectivity index (χ3n) is 12.0. The van der Waals surface area contributed by atoms with Gasteiger partial charge in [0.25, 0.3) is 0 Å². The molecule has 372 valence electrons. The van der Waals surface area contributed by atoms with E-state index < -0.39 is 6.10 Å². The van der Waals surface area contributed by atoms with Crippen LogP contribution < -0.4 is 0 Å². The minimum Gasteiger partial charge on any atom is -0.462 e. The summed E-state index contributed by atoms with van der Waals surface area (Å²) in [7, 11) is 0. The van der Waals surface area contributed by atoms with E-state index in [1.165, 1.54) is 161 Å². The first-order chi connectivity index (χ1) is 31.5. The van der Waals surface area contributed by atoms with Gasteiger partial charge in [0.2, 0.25) is 0 Å². The molecule has 0 aliphatic carbocycles. The van der Waals surface area contributed by atoms with Gasteiger partial charge in [-0.05, 0) is 103 Å². The normalized spacial score (nSPS) is 12.4. The summed E-state index contributed by atoms with van der Waals surface area (Å²) in [4.78, 5) is 38.0. The molecule has 0 aliphatic rings. The Morgan fingerprint density at radius 1 is 0.312 bits per heavy atom. The highest BCUT2D eigenvalue weighted by atomic mass is 16.6. The molecule has 0 saturated heterocycles. The molecule has 0 aromatic rings. The predicted octanol–water partition coefficient (Wildman–Crippen LogP) is 18.3. The van der Waals surface area contributed by atoms with Gasteiger partial charge in [-0.1, -0.05) is 211 Å². The van der Waals surface area contributed by atoms with Gasteiger partial charge in [0.05, 0.1) is 0 Å². The van der Waals surface area contributed by atoms with E-state index in [0.717, 1.165) is 83.5 Å². The summed E-state index contributed by atoms with van der Waals surface area (Å²) in [5.41, 5.74) is 0. The second-order valence-corrected chi connectivity index (χ2v) is 18.5. The lowest BCUT2D eigenvalue weighted by Crippen LogP contribution is -2.30. The molecule has 0 aromatic carbocycles. The maximum absolute atomic E-state index is 12.8. The van der Waals surface area contributed by atoms with E-state index in [1.54, 1.807) is 0 Å². The van der Waals surface area contributed by atoms with E-state index in [4.69, 9.17) is 14.2 Å². The first kappa shape index (κ1) is 61.4. The maximum atomic E-state index is 12.8. The number of allylic oxidation sites excluding steroid dienone is 8. The summed E-state index contributed by atoms with van der Waals surface area (Å²) >= 11 is 0. The highest BCUT2D eigenvalue weighted by Gasteiger charge is 2.19. The third kappa shape index (κ3) is 50.4. The van der Waals surface area contributed by atoms with Crippen molar-refractivity contribution in [3.63, 3.8) is 0 Å². The standard InChI is InChI=1S/C58H104O6/c1-4-7-10-13-16-19-22-25-27-28-29-30-32-33-36-39-42-45-48-51-57(60)63-54-55(53-62-56(59)50-47-44-41-38-35-24-21-18-15-12-9-6-3)64-58(61)52-49-46-43-40-37-34-31-26-23-20-17-14-11-8-5-2/h16,18-19,21,25-27,31,55H,4-15,17,20,22-24,28-30,32-54H2,1-3H3/b19-16-,21-18-,27-25-,31-26-. The van der Waals surface area contributed by atoms with Crippen molar-refractivity contribution in [1.29, 1.82) is 0 Å². The molecule has 0 aliphatic heterocycles. The van der Waals surface area contributed by atoms with E-state index >= 15 is 0 Å². The van der Waals surface area contributed by atoms with E-state index in [1.807, 2.05) is 0 Å². The minimum absolute atomic E-state index is 0.0801. The van der Waals surface area contributed by atoms with Crippen LogP contribution in [-0.4, -0.2) is 37.2 Å². The van der Waals surface area contributed by atoms with Crippen LogP contribution in [0.1, 0.15) is 284 Å². The zero-order valence-electron chi connectivity index (χ0n) is 42.6. The van der Waals surface area contributed by atoms with Crippen LogP contribution in [0.25, 0.3) is 0 Å². The van der Waals surface area contributed by atoms with Crippen LogP contribution in [0.5, 0.6) is 0 Å². The van der Waals surface area contributed by atoms with Gasteiger partial charge >= 0.3 is 17.9 Å². The Hall–Kier alpha value is -2.63. The summed E-state index contributed by atoms with van der Waals surface area (Å²) < 4.78 is 16.8. The zero-order valence-corrected chi connectivity index (χ0v) is 42.6. The lowest BCUT2D eigenvalue weighted by atomic mass is 10.1. The van der Waals surface area contributed by atoms with Gasteiger partial charge in [-0.25, -0.2) is 0 Å². The second-order valence-electron chi connectivity index (χ2n) is 18.5. The zero-order chi connectivity index (χ0) is 46.5. The number of ether oxygens (including phenoxy) is 3. The average Bonchev–Trinajstić information content (AvgIpc) is 3.29. The molecule has 0 spiro atoms. The van der Waals surface area contributed by atoms with Crippen molar-refractivity contribution in [3.8, 4) is 0 Å². The average molecular weight is 897 g/mol. The molecule has 6 heteroatoms. The molecule has 0 bridgehead atoms. The highest BCUT2D eigenvalue weighted by molar-refractivity contribution is 5.71. The van der Waals surface area contributed by atoms with Gasteiger partial charge in [-0.3, -0.25) is 14.4 Å². The number of rotatable bonds is 50. The first-order valence-electron chi connectivity index (χ1n) is 27.6. The van der Waals surface area contributed by atoms with Gasteiger partial charge in [0.1, 0.15) is 13.2 Å². The Kier molecular flexibility index (Phi) is 50.8. The quantitative estimate of drug-likeness (QED) is 0.0262.